The number of hydrogen-bond acceptors (Lipinski definition) is 4. The number of carbonyl (C=O) groups is 3. The van der Waals surface area contributed by atoms with Crippen molar-refractivity contribution in [3.05, 3.63) is 42.0 Å². The summed E-state index contributed by atoms with van der Waals surface area (Å²) < 4.78 is 5.05. The Morgan fingerprint density at radius 2 is 2.09 bits per heavy atom. The lowest BCUT2D eigenvalue weighted by Crippen LogP contribution is -2.25. The van der Waals surface area contributed by atoms with Gasteiger partial charge in [-0.15, -0.1) is 0 Å². The standard InChI is InChI=1S/C17H20N2O4/c1-18-16(21)13-8-5-9-14(10-13)19-15(20)11-23-17(22)12-6-3-2-4-7-12/h2-3,5,8-10,12H,4,6-7,11H2,1H3,(H,18,21)(H,19,20)/t12-/m0/s1. The molecule has 6 heteroatoms. The predicted molar refractivity (Wildman–Crippen MR) is 85.9 cm³/mol. The number of ether oxygens (including phenoxy) is 1. The molecular weight excluding hydrogens is 296 g/mol. The molecule has 0 radical (unpaired) electrons. The van der Waals surface area contributed by atoms with Gasteiger partial charge in [-0.1, -0.05) is 18.2 Å². The lowest BCUT2D eigenvalue weighted by molar-refractivity contribution is -0.151. The number of hydrogen-bond donors (Lipinski definition) is 2. The van der Waals surface area contributed by atoms with Crippen molar-refractivity contribution in [1.29, 1.82) is 0 Å². The largest absolute Gasteiger partial charge is 0.455 e. The van der Waals surface area contributed by atoms with E-state index in [1.54, 1.807) is 24.3 Å². The minimum atomic E-state index is -0.432. The van der Waals surface area contributed by atoms with Crippen LogP contribution in [-0.2, 0) is 14.3 Å². The molecule has 1 aliphatic rings. The Bertz CT molecular complexity index is 625. The molecule has 2 N–H and O–H groups in total. The second-order valence-electron chi connectivity index (χ2n) is 5.30. The van der Waals surface area contributed by atoms with Gasteiger partial charge in [-0.3, -0.25) is 14.4 Å². The van der Waals surface area contributed by atoms with Gasteiger partial charge in [0.2, 0.25) is 0 Å². The van der Waals surface area contributed by atoms with Crippen LogP contribution in [0.1, 0.15) is 29.6 Å². The molecule has 2 amide bonds. The van der Waals surface area contributed by atoms with Gasteiger partial charge >= 0.3 is 5.97 Å². The monoisotopic (exact) mass is 316 g/mol. The van der Waals surface area contributed by atoms with E-state index >= 15 is 0 Å². The van der Waals surface area contributed by atoms with Crippen LogP contribution in [0.4, 0.5) is 5.69 Å². The lowest BCUT2D eigenvalue weighted by atomic mass is 9.95. The summed E-state index contributed by atoms with van der Waals surface area (Å²) in [7, 11) is 1.54. The summed E-state index contributed by atoms with van der Waals surface area (Å²) in [6, 6.07) is 6.54. The first-order valence-electron chi connectivity index (χ1n) is 7.54. The van der Waals surface area contributed by atoms with Crippen LogP contribution in [0.5, 0.6) is 0 Å². The summed E-state index contributed by atoms with van der Waals surface area (Å²) in [5.41, 5.74) is 0.920. The molecule has 0 fully saturated rings. The van der Waals surface area contributed by atoms with E-state index in [4.69, 9.17) is 4.74 Å². The van der Waals surface area contributed by atoms with E-state index in [-0.39, 0.29) is 24.4 Å². The van der Waals surface area contributed by atoms with E-state index in [0.29, 0.717) is 17.7 Å². The summed E-state index contributed by atoms with van der Waals surface area (Å²) in [6.07, 6.45) is 6.27. The van der Waals surface area contributed by atoms with Gasteiger partial charge in [0, 0.05) is 18.3 Å². The van der Waals surface area contributed by atoms with Gasteiger partial charge in [0.1, 0.15) is 0 Å². The molecule has 6 nitrogen and oxygen atoms in total. The third-order valence-corrected chi connectivity index (χ3v) is 3.58. The van der Waals surface area contributed by atoms with E-state index in [0.717, 1.165) is 12.8 Å². The summed E-state index contributed by atoms with van der Waals surface area (Å²) in [6.45, 7) is -0.330. The topological polar surface area (TPSA) is 84.5 Å². The molecule has 0 saturated carbocycles. The molecule has 2 rings (SSSR count). The average molecular weight is 316 g/mol. The van der Waals surface area contributed by atoms with Crippen molar-refractivity contribution in [1.82, 2.24) is 5.32 Å². The van der Waals surface area contributed by atoms with Crippen LogP contribution >= 0.6 is 0 Å². The zero-order valence-electron chi connectivity index (χ0n) is 13.0. The summed E-state index contributed by atoms with van der Waals surface area (Å²) in [5, 5.41) is 5.12. The first-order valence-corrected chi connectivity index (χ1v) is 7.54. The molecule has 0 spiro atoms. The number of esters is 1. The van der Waals surface area contributed by atoms with Crippen molar-refractivity contribution >= 4 is 23.5 Å². The Kier molecular flexibility index (Phi) is 5.91. The fourth-order valence-electron chi connectivity index (χ4n) is 2.34. The fourth-order valence-corrected chi connectivity index (χ4v) is 2.34. The number of nitrogens with one attached hydrogen (secondary N) is 2. The van der Waals surface area contributed by atoms with Crippen molar-refractivity contribution in [2.75, 3.05) is 19.0 Å². The van der Waals surface area contributed by atoms with Gasteiger partial charge in [0.05, 0.1) is 5.92 Å². The highest BCUT2D eigenvalue weighted by atomic mass is 16.5. The Morgan fingerprint density at radius 1 is 1.26 bits per heavy atom. The fraction of sp³-hybridized carbons (Fsp3) is 0.353. The SMILES string of the molecule is CNC(=O)c1cccc(NC(=O)COC(=O)[C@H]2CC=CCC2)c1. The zero-order valence-corrected chi connectivity index (χ0v) is 13.0. The van der Waals surface area contributed by atoms with Crippen molar-refractivity contribution < 1.29 is 19.1 Å². The van der Waals surface area contributed by atoms with E-state index in [1.165, 1.54) is 7.05 Å². The maximum Gasteiger partial charge on any atom is 0.309 e. The number of carbonyl (C=O) groups excluding carboxylic acids is 3. The number of anilines is 1. The summed E-state index contributed by atoms with van der Waals surface area (Å²) >= 11 is 0. The molecular formula is C17H20N2O4. The maximum atomic E-state index is 11.8. The number of benzene rings is 1. The smallest absolute Gasteiger partial charge is 0.309 e. The van der Waals surface area contributed by atoms with Crippen LogP contribution < -0.4 is 10.6 Å². The van der Waals surface area contributed by atoms with Gasteiger partial charge in [0.15, 0.2) is 6.61 Å². The molecule has 0 aliphatic heterocycles. The Morgan fingerprint density at radius 3 is 2.78 bits per heavy atom. The van der Waals surface area contributed by atoms with Crippen LogP contribution in [0.3, 0.4) is 0 Å². The summed E-state index contributed by atoms with van der Waals surface area (Å²) in [5.74, 6) is -1.18. The van der Waals surface area contributed by atoms with Gasteiger partial charge in [-0.25, -0.2) is 0 Å². The highest BCUT2D eigenvalue weighted by Gasteiger charge is 2.21. The highest BCUT2D eigenvalue weighted by Crippen LogP contribution is 2.19. The van der Waals surface area contributed by atoms with Crippen LogP contribution in [0.2, 0.25) is 0 Å². The first kappa shape index (κ1) is 16.7. The molecule has 0 saturated heterocycles. The highest BCUT2D eigenvalue weighted by molar-refractivity contribution is 5.97. The molecule has 0 heterocycles. The van der Waals surface area contributed by atoms with Crippen LogP contribution in [0.15, 0.2) is 36.4 Å². The second-order valence-corrected chi connectivity index (χ2v) is 5.30. The Hall–Kier alpha value is -2.63. The Labute approximate surface area is 134 Å². The minimum absolute atomic E-state index is 0.163. The zero-order chi connectivity index (χ0) is 16.7. The van der Waals surface area contributed by atoms with Gasteiger partial charge in [-0.2, -0.15) is 0 Å². The minimum Gasteiger partial charge on any atom is -0.455 e. The molecule has 23 heavy (non-hydrogen) atoms. The predicted octanol–water partition coefficient (Wildman–Crippen LogP) is 1.88. The van der Waals surface area contributed by atoms with Crippen LogP contribution in [0, 0.1) is 5.92 Å². The molecule has 0 bridgehead atoms. The average Bonchev–Trinajstić information content (AvgIpc) is 2.60. The van der Waals surface area contributed by atoms with Crippen molar-refractivity contribution in [3.63, 3.8) is 0 Å². The van der Waals surface area contributed by atoms with Crippen LogP contribution in [-0.4, -0.2) is 31.4 Å². The lowest BCUT2D eigenvalue weighted by Gasteiger charge is -2.16. The molecule has 1 aliphatic carbocycles. The van der Waals surface area contributed by atoms with Gasteiger partial charge in [-0.05, 0) is 37.5 Å². The Balaban J connectivity index is 1.83. The summed E-state index contributed by atoms with van der Waals surface area (Å²) in [4.78, 5) is 35.2. The molecule has 0 aromatic heterocycles. The quantitative estimate of drug-likeness (QED) is 0.642. The molecule has 122 valence electrons. The molecule has 1 aromatic rings. The van der Waals surface area contributed by atoms with E-state index in [2.05, 4.69) is 10.6 Å². The third kappa shape index (κ3) is 4.95. The van der Waals surface area contributed by atoms with E-state index in [1.807, 2.05) is 12.2 Å². The van der Waals surface area contributed by atoms with Crippen LogP contribution in [0.25, 0.3) is 0 Å². The first-order chi connectivity index (χ1) is 11.1. The normalized spacial score (nSPS) is 16.5. The third-order valence-electron chi connectivity index (χ3n) is 3.58. The number of allylic oxidation sites excluding steroid dienone is 2. The second kappa shape index (κ2) is 8.12. The van der Waals surface area contributed by atoms with Crippen molar-refractivity contribution in [2.24, 2.45) is 5.92 Å². The van der Waals surface area contributed by atoms with E-state index < -0.39 is 5.91 Å². The van der Waals surface area contributed by atoms with Gasteiger partial charge in [0.25, 0.3) is 11.8 Å². The van der Waals surface area contributed by atoms with Crippen molar-refractivity contribution in [2.45, 2.75) is 19.3 Å². The number of rotatable bonds is 5. The molecule has 0 unspecified atom stereocenters. The van der Waals surface area contributed by atoms with Crippen molar-refractivity contribution in [3.8, 4) is 0 Å². The maximum absolute atomic E-state index is 11.8. The molecule has 1 aromatic carbocycles. The molecule has 1 atom stereocenters. The van der Waals surface area contributed by atoms with E-state index in [9.17, 15) is 14.4 Å². The van der Waals surface area contributed by atoms with Gasteiger partial charge < -0.3 is 15.4 Å². The number of amides is 2.